The summed E-state index contributed by atoms with van der Waals surface area (Å²) >= 11 is 0. The predicted molar refractivity (Wildman–Crippen MR) is 157 cm³/mol. The van der Waals surface area contributed by atoms with Crippen LogP contribution >= 0.6 is 0 Å². The zero-order valence-electron chi connectivity index (χ0n) is 24.5. The van der Waals surface area contributed by atoms with Crippen LogP contribution in [0.25, 0.3) is 0 Å². The average molecular weight is 583 g/mol. The highest BCUT2D eigenvalue weighted by Gasteiger charge is 2.34. The minimum atomic E-state index is -1.30. The van der Waals surface area contributed by atoms with E-state index >= 15 is 0 Å². The lowest BCUT2D eigenvalue weighted by molar-refractivity contribution is -0.142. The van der Waals surface area contributed by atoms with Crippen molar-refractivity contribution in [3.05, 3.63) is 65.7 Å². The van der Waals surface area contributed by atoms with E-state index in [9.17, 15) is 34.2 Å². The molecule has 2 aromatic carbocycles. The van der Waals surface area contributed by atoms with Crippen molar-refractivity contribution in [2.75, 3.05) is 0 Å². The van der Waals surface area contributed by atoms with Crippen molar-refractivity contribution in [2.45, 2.75) is 77.5 Å². The SMILES string of the molecule is CCC(C)[C@H](NC=O)C(=O)N[C@H](C(=O)N[C@@H](Cc1ccccc1)C(=O)N[C@@H](Cc1ccc(O)cc1)C(=O)O)C(C)CC. The quantitative estimate of drug-likeness (QED) is 0.155. The second-order valence-electron chi connectivity index (χ2n) is 10.5. The Bertz CT molecular complexity index is 1190. The second-order valence-corrected chi connectivity index (χ2v) is 10.5. The van der Waals surface area contributed by atoms with Crippen LogP contribution in [-0.4, -0.2) is 64.5 Å². The molecule has 0 spiro atoms. The summed E-state index contributed by atoms with van der Waals surface area (Å²) < 4.78 is 0. The van der Waals surface area contributed by atoms with E-state index in [0.717, 1.165) is 5.56 Å². The fourth-order valence-electron chi connectivity index (χ4n) is 4.41. The summed E-state index contributed by atoms with van der Waals surface area (Å²) in [5, 5.41) is 29.9. The van der Waals surface area contributed by atoms with Crippen LogP contribution in [-0.2, 0) is 36.8 Å². The molecule has 11 nitrogen and oxygen atoms in total. The lowest BCUT2D eigenvalue weighted by Gasteiger charge is -2.29. The molecule has 0 aliphatic rings. The van der Waals surface area contributed by atoms with Crippen LogP contribution in [0.2, 0.25) is 0 Å². The van der Waals surface area contributed by atoms with Crippen molar-refractivity contribution in [1.82, 2.24) is 21.3 Å². The number of carbonyl (C=O) groups is 5. The number of carboxylic acid groups (broad SMARTS) is 1. The molecule has 0 fully saturated rings. The Morgan fingerprint density at radius 2 is 1.21 bits per heavy atom. The number of rotatable bonds is 17. The summed E-state index contributed by atoms with van der Waals surface area (Å²) in [6, 6.07) is 10.6. The van der Waals surface area contributed by atoms with Gasteiger partial charge in [0.05, 0.1) is 0 Å². The van der Waals surface area contributed by atoms with Crippen LogP contribution in [0.5, 0.6) is 5.75 Å². The van der Waals surface area contributed by atoms with E-state index in [1.165, 1.54) is 12.1 Å². The van der Waals surface area contributed by atoms with E-state index in [-0.39, 0.29) is 30.4 Å². The summed E-state index contributed by atoms with van der Waals surface area (Å²) in [6.45, 7) is 7.35. The van der Waals surface area contributed by atoms with E-state index in [0.29, 0.717) is 24.8 Å². The summed E-state index contributed by atoms with van der Waals surface area (Å²) in [4.78, 5) is 63.4. The van der Waals surface area contributed by atoms with Crippen molar-refractivity contribution >= 4 is 30.1 Å². The maximum atomic E-state index is 13.6. The van der Waals surface area contributed by atoms with Crippen LogP contribution in [0, 0.1) is 11.8 Å². The summed E-state index contributed by atoms with van der Waals surface area (Å²) in [7, 11) is 0. The molecule has 0 aromatic heterocycles. The molecule has 11 heteroatoms. The minimum Gasteiger partial charge on any atom is -0.508 e. The van der Waals surface area contributed by atoms with Crippen molar-refractivity contribution in [2.24, 2.45) is 11.8 Å². The molecule has 0 heterocycles. The highest BCUT2D eigenvalue weighted by molar-refractivity contribution is 5.94. The first-order valence-corrected chi connectivity index (χ1v) is 14.2. The van der Waals surface area contributed by atoms with Crippen LogP contribution in [0.1, 0.15) is 51.7 Å². The number of hydrogen-bond donors (Lipinski definition) is 6. The third kappa shape index (κ3) is 10.2. The van der Waals surface area contributed by atoms with E-state index in [4.69, 9.17) is 0 Å². The number of aromatic hydroxyl groups is 1. The van der Waals surface area contributed by atoms with Gasteiger partial charge in [0.15, 0.2) is 0 Å². The molecule has 0 bridgehead atoms. The molecule has 0 aliphatic carbocycles. The Balaban J connectivity index is 2.30. The van der Waals surface area contributed by atoms with E-state index in [1.54, 1.807) is 43.3 Å². The van der Waals surface area contributed by atoms with Crippen molar-refractivity contribution in [3.63, 3.8) is 0 Å². The Kier molecular flexibility index (Phi) is 13.5. The predicted octanol–water partition coefficient (Wildman–Crippen LogP) is 1.92. The largest absolute Gasteiger partial charge is 0.508 e. The van der Waals surface area contributed by atoms with Crippen LogP contribution in [0.3, 0.4) is 0 Å². The number of hydrogen-bond acceptors (Lipinski definition) is 6. The fourth-order valence-corrected chi connectivity index (χ4v) is 4.41. The van der Waals surface area contributed by atoms with Crippen molar-refractivity contribution in [3.8, 4) is 5.75 Å². The minimum absolute atomic E-state index is 0.0284. The molecule has 2 rings (SSSR count). The third-order valence-electron chi connectivity index (χ3n) is 7.44. The average Bonchev–Trinajstić information content (AvgIpc) is 2.98. The Labute approximate surface area is 246 Å². The highest BCUT2D eigenvalue weighted by atomic mass is 16.4. The lowest BCUT2D eigenvalue weighted by Crippen LogP contribution is -2.60. The summed E-state index contributed by atoms with van der Waals surface area (Å²) in [5.74, 6) is -3.55. The Morgan fingerprint density at radius 1 is 0.714 bits per heavy atom. The third-order valence-corrected chi connectivity index (χ3v) is 7.44. The summed E-state index contributed by atoms with van der Waals surface area (Å²) in [6.07, 6.45) is 1.64. The van der Waals surface area contributed by atoms with Gasteiger partial charge in [-0.25, -0.2) is 4.79 Å². The van der Waals surface area contributed by atoms with Gasteiger partial charge >= 0.3 is 5.97 Å². The first kappa shape index (κ1) is 33.8. The van der Waals surface area contributed by atoms with Crippen molar-refractivity contribution in [1.29, 1.82) is 0 Å². The topological polar surface area (TPSA) is 174 Å². The van der Waals surface area contributed by atoms with E-state index in [2.05, 4.69) is 21.3 Å². The van der Waals surface area contributed by atoms with Gasteiger partial charge in [-0.2, -0.15) is 0 Å². The van der Waals surface area contributed by atoms with Gasteiger partial charge in [-0.1, -0.05) is 83.0 Å². The highest BCUT2D eigenvalue weighted by Crippen LogP contribution is 2.14. The van der Waals surface area contributed by atoms with Gasteiger partial charge < -0.3 is 31.5 Å². The number of aliphatic carboxylic acids is 1. The first-order valence-electron chi connectivity index (χ1n) is 14.2. The molecule has 42 heavy (non-hydrogen) atoms. The van der Waals surface area contributed by atoms with Gasteiger partial charge in [-0.3, -0.25) is 19.2 Å². The maximum absolute atomic E-state index is 13.6. The molecule has 6 atom stereocenters. The first-order chi connectivity index (χ1) is 20.0. The summed E-state index contributed by atoms with van der Waals surface area (Å²) in [5.41, 5.74) is 1.32. The van der Waals surface area contributed by atoms with Crippen LogP contribution in [0.15, 0.2) is 54.6 Å². The van der Waals surface area contributed by atoms with Gasteiger partial charge in [0, 0.05) is 12.8 Å². The standard InChI is InChI=1S/C31H42N4O7/c1-5-19(3)26(32-18-36)29(39)35-27(20(4)6-2)30(40)33-24(16-21-10-8-7-9-11-21)28(38)34-25(31(41)42)17-22-12-14-23(37)15-13-22/h7-15,18-20,24-27,37H,5-6,16-17H2,1-4H3,(H,32,36)(H,33,40)(H,34,38)(H,35,39)(H,41,42)/t19?,20?,24-,25-,26-,27-/m0/s1. The molecule has 228 valence electrons. The fraction of sp³-hybridized carbons (Fsp3) is 0.452. The van der Waals surface area contributed by atoms with E-state index in [1.807, 2.05) is 26.8 Å². The number of amides is 4. The normalized spacial score (nSPS) is 15.1. The van der Waals surface area contributed by atoms with Gasteiger partial charge in [0.25, 0.3) is 0 Å². The van der Waals surface area contributed by atoms with Crippen LogP contribution < -0.4 is 21.3 Å². The number of carbonyl (C=O) groups excluding carboxylic acids is 4. The lowest BCUT2D eigenvalue weighted by atomic mass is 9.94. The van der Waals surface area contributed by atoms with E-state index < -0.39 is 47.9 Å². The Morgan fingerprint density at radius 3 is 1.76 bits per heavy atom. The molecular formula is C31H42N4O7. The Hall–Kier alpha value is -4.41. The number of carboxylic acids is 1. The second kappa shape index (κ2) is 16.8. The smallest absolute Gasteiger partial charge is 0.326 e. The van der Waals surface area contributed by atoms with Gasteiger partial charge in [0.1, 0.15) is 29.9 Å². The molecule has 2 unspecified atom stereocenters. The molecule has 6 N–H and O–H groups in total. The molecule has 0 aliphatic heterocycles. The van der Waals surface area contributed by atoms with Crippen LogP contribution in [0.4, 0.5) is 0 Å². The molecule has 2 aromatic rings. The number of phenolic OH excluding ortho intramolecular Hbond substituents is 1. The maximum Gasteiger partial charge on any atom is 0.326 e. The number of nitrogens with one attached hydrogen (secondary N) is 4. The zero-order chi connectivity index (χ0) is 31.2. The molecule has 0 saturated heterocycles. The molecule has 4 amide bonds. The monoisotopic (exact) mass is 582 g/mol. The molecule has 0 saturated carbocycles. The number of phenols is 1. The van der Waals surface area contributed by atoms with Crippen molar-refractivity contribution < 1.29 is 34.2 Å². The molecule has 0 radical (unpaired) electrons. The molecular weight excluding hydrogens is 540 g/mol. The zero-order valence-corrected chi connectivity index (χ0v) is 24.5. The van der Waals surface area contributed by atoms with Gasteiger partial charge in [-0.15, -0.1) is 0 Å². The number of benzene rings is 2. The van der Waals surface area contributed by atoms with Gasteiger partial charge in [0.2, 0.25) is 24.1 Å². The van der Waals surface area contributed by atoms with Gasteiger partial charge in [-0.05, 0) is 35.1 Å².